The highest BCUT2D eigenvalue weighted by Crippen LogP contribution is 2.28. The third-order valence-electron chi connectivity index (χ3n) is 3.53. The molecule has 0 aliphatic carbocycles. The van der Waals surface area contributed by atoms with Crippen molar-refractivity contribution in [1.29, 1.82) is 0 Å². The van der Waals surface area contributed by atoms with Gasteiger partial charge in [0.25, 0.3) is 11.8 Å². The largest absolute Gasteiger partial charge is 0.490 e. The first-order valence-electron chi connectivity index (χ1n) is 8.69. The van der Waals surface area contributed by atoms with E-state index in [4.69, 9.17) is 26.4 Å². The number of carbonyl (C=O) groups is 2. The lowest BCUT2D eigenvalue weighted by Crippen LogP contribution is -2.49. The number of ether oxygens (including phenoxy) is 3. The Morgan fingerprint density at radius 3 is 2.29 bits per heavy atom. The number of amides is 2. The van der Waals surface area contributed by atoms with Gasteiger partial charge in [-0.1, -0.05) is 31.9 Å². The number of methoxy groups -OCH3 is 1. The lowest BCUT2D eigenvalue weighted by molar-refractivity contribution is -0.123. The number of halogens is 3. The molecule has 0 saturated carbocycles. The summed E-state index contributed by atoms with van der Waals surface area (Å²) in [7, 11) is 1.56. The summed E-state index contributed by atoms with van der Waals surface area (Å²) in [4.78, 5) is 24.5. The van der Waals surface area contributed by atoms with Crippen molar-refractivity contribution in [2.75, 3.05) is 26.9 Å². The Balaban J connectivity index is 1.84. The topological polar surface area (TPSA) is 97.9 Å². The number of hydrogen-bond donors (Lipinski definition) is 3. The average Bonchev–Trinajstić information content (AvgIpc) is 2.72. The van der Waals surface area contributed by atoms with Crippen LogP contribution in [-0.4, -0.2) is 43.9 Å². The van der Waals surface area contributed by atoms with Crippen molar-refractivity contribution in [3.05, 3.63) is 55.4 Å². The van der Waals surface area contributed by atoms with Crippen molar-refractivity contribution in [2.24, 2.45) is 0 Å². The highest BCUT2D eigenvalue weighted by molar-refractivity contribution is 9.11. The van der Waals surface area contributed by atoms with Gasteiger partial charge in [0.05, 0.1) is 16.6 Å². The number of hydrazine groups is 1. The van der Waals surface area contributed by atoms with Crippen molar-refractivity contribution in [3.63, 3.8) is 0 Å². The fourth-order valence-electron chi connectivity index (χ4n) is 2.14. The Labute approximate surface area is 209 Å². The van der Waals surface area contributed by atoms with Crippen molar-refractivity contribution in [1.82, 2.24) is 16.2 Å². The van der Waals surface area contributed by atoms with Gasteiger partial charge in [0.1, 0.15) is 18.1 Å². The Bertz CT molecular complexity index is 961. The van der Waals surface area contributed by atoms with Gasteiger partial charge in [-0.15, -0.1) is 0 Å². The second-order valence-electron chi connectivity index (χ2n) is 5.80. The molecule has 8 nitrogen and oxygen atoms in total. The summed E-state index contributed by atoms with van der Waals surface area (Å²) in [6.45, 7) is 0.403. The second-order valence-corrected chi connectivity index (χ2v) is 8.90. The van der Waals surface area contributed by atoms with Gasteiger partial charge >= 0.3 is 0 Å². The average molecular weight is 640 g/mol. The van der Waals surface area contributed by atoms with E-state index in [0.717, 1.165) is 4.47 Å². The van der Waals surface area contributed by atoms with Gasteiger partial charge in [0.15, 0.2) is 11.7 Å². The van der Waals surface area contributed by atoms with Crippen LogP contribution in [0.4, 0.5) is 0 Å². The lowest BCUT2D eigenvalue weighted by Gasteiger charge is -2.14. The van der Waals surface area contributed by atoms with Crippen LogP contribution in [0.1, 0.15) is 10.4 Å². The third kappa shape index (κ3) is 8.73. The van der Waals surface area contributed by atoms with E-state index in [0.29, 0.717) is 27.1 Å². The van der Waals surface area contributed by atoms with Crippen LogP contribution >= 0.6 is 60.0 Å². The lowest BCUT2D eigenvalue weighted by atomic mass is 10.2. The fraction of sp³-hybridized carbons (Fsp3) is 0.211. The van der Waals surface area contributed by atoms with Crippen molar-refractivity contribution < 1.29 is 23.8 Å². The molecule has 0 atom stereocenters. The molecule has 0 spiro atoms. The molecule has 0 fully saturated rings. The molecular weight excluding hydrogens is 622 g/mol. The first-order chi connectivity index (χ1) is 14.8. The van der Waals surface area contributed by atoms with Crippen LogP contribution in [0.3, 0.4) is 0 Å². The van der Waals surface area contributed by atoms with Crippen LogP contribution in [0.15, 0.2) is 49.8 Å². The summed E-state index contributed by atoms with van der Waals surface area (Å²) < 4.78 is 18.2. The van der Waals surface area contributed by atoms with E-state index >= 15 is 0 Å². The van der Waals surface area contributed by atoms with Gasteiger partial charge in [-0.05, 0) is 64.5 Å². The Morgan fingerprint density at radius 2 is 1.61 bits per heavy atom. The minimum absolute atomic E-state index is 0.0917. The maximum Gasteiger partial charge on any atom is 0.276 e. The van der Waals surface area contributed by atoms with Gasteiger partial charge in [0.2, 0.25) is 0 Å². The first-order valence-corrected chi connectivity index (χ1v) is 11.5. The molecule has 12 heteroatoms. The van der Waals surface area contributed by atoms with E-state index in [-0.39, 0.29) is 23.9 Å². The molecular formula is C19H18Br3N3O5S. The minimum atomic E-state index is -0.504. The molecule has 2 rings (SSSR count). The van der Waals surface area contributed by atoms with Gasteiger partial charge < -0.3 is 14.2 Å². The molecule has 0 saturated heterocycles. The van der Waals surface area contributed by atoms with Gasteiger partial charge in [-0.25, -0.2) is 0 Å². The summed E-state index contributed by atoms with van der Waals surface area (Å²) in [5.41, 5.74) is 5.08. The summed E-state index contributed by atoms with van der Waals surface area (Å²) >= 11 is 15.1. The molecule has 0 radical (unpaired) electrons. The van der Waals surface area contributed by atoms with Crippen LogP contribution in [0.25, 0.3) is 0 Å². The van der Waals surface area contributed by atoms with E-state index in [2.05, 4.69) is 64.0 Å². The fourth-order valence-corrected chi connectivity index (χ4v) is 3.81. The smallest absolute Gasteiger partial charge is 0.276 e. The van der Waals surface area contributed by atoms with Crippen LogP contribution < -0.4 is 25.6 Å². The quantitative estimate of drug-likeness (QED) is 0.230. The molecule has 0 aliphatic heterocycles. The zero-order chi connectivity index (χ0) is 22.8. The maximum atomic E-state index is 12.6. The minimum Gasteiger partial charge on any atom is -0.490 e. The molecule has 2 aromatic carbocycles. The zero-order valence-corrected chi connectivity index (χ0v) is 21.7. The predicted molar refractivity (Wildman–Crippen MR) is 130 cm³/mol. The standard InChI is InChI=1S/C19H18Br3N3O5S/c1-28-6-7-29-15-4-2-11(20)8-13(15)18(27)23-19(31)25-24-17(26)10-30-16-5-3-12(21)9-14(16)22/h2-5,8-9H,6-7,10H2,1H3,(H,24,26)(H2,23,25,27,31). The molecule has 166 valence electrons. The number of benzene rings is 2. The maximum absolute atomic E-state index is 12.6. The Hall–Kier alpha value is -1.73. The van der Waals surface area contributed by atoms with Gasteiger partial charge in [-0.2, -0.15) is 0 Å². The summed E-state index contributed by atoms with van der Waals surface area (Å²) in [6, 6.07) is 10.3. The molecule has 0 aliphatic rings. The monoisotopic (exact) mass is 637 g/mol. The van der Waals surface area contributed by atoms with Gasteiger partial charge in [0, 0.05) is 16.1 Å². The normalized spacial score (nSPS) is 10.2. The highest BCUT2D eigenvalue weighted by atomic mass is 79.9. The SMILES string of the molecule is COCCOc1ccc(Br)cc1C(=O)NC(=S)NNC(=O)COc1ccc(Br)cc1Br. The molecule has 0 bridgehead atoms. The number of nitrogens with one attached hydrogen (secondary N) is 3. The van der Waals surface area contributed by atoms with Crippen molar-refractivity contribution in [2.45, 2.75) is 0 Å². The third-order valence-corrected chi connectivity index (χ3v) is 5.34. The van der Waals surface area contributed by atoms with E-state index in [1.807, 2.05) is 0 Å². The summed E-state index contributed by atoms with van der Waals surface area (Å²) in [5, 5.41) is 2.39. The zero-order valence-electron chi connectivity index (χ0n) is 16.2. The van der Waals surface area contributed by atoms with Crippen LogP contribution in [-0.2, 0) is 9.53 Å². The Morgan fingerprint density at radius 1 is 0.935 bits per heavy atom. The number of thiocarbonyl (C=S) groups is 1. The van der Waals surface area contributed by atoms with Crippen molar-refractivity contribution >= 4 is 76.9 Å². The van der Waals surface area contributed by atoms with E-state index in [1.165, 1.54) is 0 Å². The summed E-state index contributed by atoms with van der Waals surface area (Å²) in [6.07, 6.45) is 0. The summed E-state index contributed by atoms with van der Waals surface area (Å²) in [5.74, 6) is -0.115. The molecule has 0 aromatic heterocycles. The number of rotatable bonds is 8. The van der Waals surface area contributed by atoms with Crippen LogP contribution in [0.2, 0.25) is 0 Å². The molecule has 2 aromatic rings. The predicted octanol–water partition coefficient (Wildman–Crippen LogP) is 3.71. The first kappa shape index (κ1) is 25.5. The number of hydrogen-bond acceptors (Lipinski definition) is 6. The van der Waals surface area contributed by atoms with Crippen LogP contribution in [0.5, 0.6) is 11.5 Å². The highest BCUT2D eigenvalue weighted by Gasteiger charge is 2.15. The Kier molecular flexibility index (Phi) is 10.7. The van der Waals surface area contributed by atoms with E-state index in [1.54, 1.807) is 43.5 Å². The van der Waals surface area contributed by atoms with Crippen LogP contribution in [0, 0.1) is 0 Å². The van der Waals surface area contributed by atoms with Gasteiger partial charge in [-0.3, -0.25) is 25.8 Å². The van der Waals surface area contributed by atoms with Crippen molar-refractivity contribution in [3.8, 4) is 11.5 Å². The van der Waals surface area contributed by atoms with E-state index in [9.17, 15) is 9.59 Å². The molecule has 31 heavy (non-hydrogen) atoms. The second kappa shape index (κ2) is 13.0. The molecule has 0 unspecified atom stereocenters. The molecule has 3 N–H and O–H groups in total. The van der Waals surface area contributed by atoms with E-state index < -0.39 is 11.8 Å². The number of carbonyl (C=O) groups excluding carboxylic acids is 2. The molecule has 2 amide bonds. The molecule has 0 heterocycles.